The summed E-state index contributed by atoms with van der Waals surface area (Å²) in [6, 6.07) is 0. The topological polar surface area (TPSA) is 42.7 Å². The lowest BCUT2D eigenvalue weighted by Crippen LogP contribution is -2.12. The molecule has 1 aromatic rings. The molecule has 0 amide bonds. The van der Waals surface area contributed by atoms with Crippen molar-refractivity contribution in [3.05, 3.63) is 11.6 Å². The van der Waals surface area contributed by atoms with Gasteiger partial charge in [0, 0.05) is 7.05 Å². The minimum Gasteiger partial charge on any atom is -0.326 e. The SMILES string of the molecule is CNn1c(C)nnc1C. The Morgan fingerprint density at radius 2 is 1.67 bits per heavy atom. The van der Waals surface area contributed by atoms with Crippen molar-refractivity contribution in [3.63, 3.8) is 0 Å². The Morgan fingerprint density at radius 3 is 1.89 bits per heavy atom. The average Bonchev–Trinajstić information content (AvgIpc) is 2.12. The number of aryl methyl sites for hydroxylation is 2. The highest BCUT2D eigenvalue weighted by atomic mass is 15.5. The Hall–Kier alpha value is -1.06. The van der Waals surface area contributed by atoms with Gasteiger partial charge in [0.15, 0.2) is 0 Å². The number of aromatic nitrogens is 3. The molecule has 0 aliphatic heterocycles. The first-order valence-corrected chi connectivity index (χ1v) is 2.82. The van der Waals surface area contributed by atoms with Crippen LogP contribution in [0.4, 0.5) is 0 Å². The van der Waals surface area contributed by atoms with E-state index in [9.17, 15) is 0 Å². The molecule has 50 valence electrons. The summed E-state index contributed by atoms with van der Waals surface area (Å²) in [6.45, 7) is 3.80. The predicted molar refractivity (Wildman–Crippen MR) is 34.8 cm³/mol. The molecule has 1 rings (SSSR count). The fraction of sp³-hybridized carbons (Fsp3) is 0.600. The van der Waals surface area contributed by atoms with E-state index in [0.29, 0.717) is 0 Å². The third-order valence-corrected chi connectivity index (χ3v) is 1.21. The summed E-state index contributed by atoms with van der Waals surface area (Å²) in [5.74, 6) is 1.77. The summed E-state index contributed by atoms with van der Waals surface area (Å²) in [6.07, 6.45) is 0. The number of nitrogens with one attached hydrogen (secondary N) is 1. The van der Waals surface area contributed by atoms with Crippen molar-refractivity contribution in [1.29, 1.82) is 0 Å². The van der Waals surface area contributed by atoms with Crippen molar-refractivity contribution in [2.75, 3.05) is 12.5 Å². The summed E-state index contributed by atoms with van der Waals surface area (Å²) in [5.41, 5.74) is 2.94. The average molecular weight is 126 g/mol. The second kappa shape index (κ2) is 2.05. The number of rotatable bonds is 1. The molecule has 0 fully saturated rings. The van der Waals surface area contributed by atoms with Gasteiger partial charge in [-0.05, 0) is 13.8 Å². The molecule has 0 aliphatic carbocycles. The molecule has 0 radical (unpaired) electrons. The van der Waals surface area contributed by atoms with Gasteiger partial charge in [-0.2, -0.15) is 0 Å². The Morgan fingerprint density at radius 1 is 1.22 bits per heavy atom. The Labute approximate surface area is 53.9 Å². The van der Waals surface area contributed by atoms with Gasteiger partial charge in [0.2, 0.25) is 0 Å². The van der Waals surface area contributed by atoms with E-state index in [1.165, 1.54) is 0 Å². The fourth-order valence-electron chi connectivity index (χ4n) is 0.792. The highest BCUT2D eigenvalue weighted by molar-refractivity contribution is 4.93. The summed E-state index contributed by atoms with van der Waals surface area (Å²) in [5, 5.41) is 7.67. The molecular weight excluding hydrogens is 116 g/mol. The van der Waals surface area contributed by atoms with Crippen LogP contribution in [0.5, 0.6) is 0 Å². The second-order valence-electron chi connectivity index (χ2n) is 1.85. The number of nitrogens with zero attached hydrogens (tertiary/aromatic N) is 3. The fourth-order valence-corrected chi connectivity index (χ4v) is 0.792. The van der Waals surface area contributed by atoms with Crippen molar-refractivity contribution >= 4 is 0 Å². The van der Waals surface area contributed by atoms with Gasteiger partial charge in [0.05, 0.1) is 0 Å². The third-order valence-electron chi connectivity index (χ3n) is 1.21. The standard InChI is InChI=1S/C5H10N4/c1-4-7-8-5(2)9(4)6-3/h6H,1-3H3. The van der Waals surface area contributed by atoms with Crippen LogP contribution in [0.1, 0.15) is 11.6 Å². The maximum Gasteiger partial charge on any atom is 0.148 e. The summed E-state index contributed by atoms with van der Waals surface area (Å²) in [7, 11) is 1.84. The van der Waals surface area contributed by atoms with E-state index in [4.69, 9.17) is 0 Å². The minimum atomic E-state index is 0.884. The molecule has 9 heavy (non-hydrogen) atoms. The molecule has 0 spiro atoms. The van der Waals surface area contributed by atoms with E-state index < -0.39 is 0 Å². The molecule has 1 aromatic heterocycles. The molecule has 0 unspecified atom stereocenters. The van der Waals surface area contributed by atoms with Crippen molar-refractivity contribution < 1.29 is 0 Å². The molecule has 0 bridgehead atoms. The molecule has 0 atom stereocenters. The first kappa shape index (κ1) is 6.07. The van der Waals surface area contributed by atoms with Gasteiger partial charge in [0.25, 0.3) is 0 Å². The zero-order valence-corrected chi connectivity index (χ0v) is 5.84. The van der Waals surface area contributed by atoms with Crippen molar-refractivity contribution in [3.8, 4) is 0 Å². The molecule has 4 nitrogen and oxygen atoms in total. The second-order valence-corrected chi connectivity index (χ2v) is 1.85. The predicted octanol–water partition coefficient (Wildman–Crippen LogP) is 0.0682. The highest BCUT2D eigenvalue weighted by Crippen LogP contribution is 1.92. The van der Waals surface area contributed by atoms with Gasteiger partial charge < -0.3 is 5.43 Å². The van der Waals surface area contributed by atoms with Crippen LogP contribution in [-0.2, 0) is 0 Å². The molecule has 0 saturated carbocycles. The van der Waals surface area contributed by atoms with Gasteiger partial charge in [-0.3, -0.25) is 0 Å². The van der Waals surface area contributed by atoms with E-state index in [-0.39, 0.29) is 0 Å². The Kier molecular flexibility index (Phi) is 1.38. The molecule has 1 N–H and O–H groups in total. The van der Waals surface area contributed by atoms with Crippen LogP contribution < -0.4 is 5.43 Å². The molecule has 0 aromatic carbocycles. The normalized spacial score (nSPS) is 9.67. The summed E-state index contributed by atoms with van der Waals surface area (Å²) in [4.78, 5) is 0. The molecule has 4 heteroatoms. The van der Waals surface area contributed by atoms with Crippen LogP contribution in [0.3, 0.4) is 0 Å². The van der Waals surface area contributed by atoms with E-state index in [0.717, 1.165) is 11.6 Å². The van der Waals surface area contributed by atoms with Gasteiger partial charge in [0.1, 0.15) is 11.6 Å². The van der Waals surface area contributed by atoms with Crippen LogP contribution in [0, 0.1) is 13.8 Å². The molecule has 0 saturated heterocycles. The quantitative estimate of drug-likeness (QED) is 0.579. The largest absolute Gasteiger partial charge is 0.326 e. The third kappa shape index (κ3) is 0.872. The monoisotopic (exact) mass is 126 g/mol. The van der Waals surface area contributed by atoms with Crippen LogP contribution in [-0.4, -0.2) is 21.9 Å². The molecular formula is C5H10N4. The van der Waals surface area contributed by atoms with E-state index in [1.54, 1.807) is 0 Å². The number of hydrogen-bond acceptors (Lipinski definition) is 3. The van der Waals surface area contributed by atoms with E-state index >= 15 is 0 Å². The lowest BCUT2D eigenvalue weighted by Gasteiger charge is -2.01. The Bertz CT molecular complexity index is 183. The first-order valence-electron chi connectivity index (χ1n) is 2.82. The van der Waals surface area contributed by atoms with Gasteiger partial charge in [-0.25, -0.2) is 4.68 Å². The van der Waals surface area contributed by atoms with Gasteiger partial charge in [-0.1, -0.05) is 0 Å². The maximum absolute atomic E-state index is 3.84. The van der Waals surface area contributed by atoms with Gasteiger partial charge >= 0.3 is 0 Å². The summed E-state index contributed by atoms with van der Waals surface area (Å²) < 4.78 is 1.82. The van der Waals surface area contributed by atoms with Crippen molar-refractivity contribution in [1.82, 2.24) is 14.9 Å². The zero-order chi connectivity index (χ0) is 6.85. The van der Waals surface area contributed by atoms with Crippen LogP contribution >= 0.6 is 0 Å². The lowest BCUT2D eigenvalue weighted by molar-refractivity contribution is 0.836. The van der Waals surface area contributed by atoms with Crippen molar-refractivity contribution in [2.24, 2.45) is 0 Å². The van der Waals surface area contributed by atoms with Crippen LogP contribution in [0.2, 0.25) is 0 Å². The minimum absolute atomic E-state index is 0.884. The lowest BCUT2D eigenvalue weighted by atomic mass is 10.7. The van der Waals surface area contributed by atoms with Crippen molar-refractivity contribution in [2.45, 2.75) is 13.8 Å². The van der Waals surface area contributed by atoms with Crippen LogP contribution in [0.15, 0.2) is 0 Å². The molecule has 1 heterocycles. The first-order chi connectivity index (χ1) is 4.25. The Balaban J connectivity index is 3.07. The van der Waals surface area contributed by atoms with Crippen LogP contribution in [0.25, 0.3) is 0 Å². The van der Waals surface area contributed by atoms with Gasteiger partial charge in [-0.15, -0.1) is 10.2 Å². The number of hydrogen-bond donors (Lipinski definition) is 1. The smallest absolute Gasteiger partial charge is 0.148 e. The molecule has 0 aliphatic rings. The van der Waals surface area contributed by atoms with E-state index in [1.807, 2.05) is 25.6 Å². The maximum atomic E-state index is 3.84. The summed E-state index contributed by atoms with van der Waals surface area (Å²) >= 11 is 0. The highest BCUT2D eigenvalue weighted by Gasteiger charge is 1.98. The zero-order valence-electron chi connectivity index (χ0n) is 5.84. The van der Waals surface area contributed by atoms with E-state index in [2.05, 4.69) is 15.6 Å².